The quantitative estimate of drug-likeness (QED) is 0.539. The number of phenols is 1. The average Bonchev–Trinajstić information content (AvgIpc) is 2.72. The Bertz CT molecular complexity index is 1130. The Labute approximate surface area is 172 Å². The number of hydrogen-bond donors (Lipinski definition) is 3. The smallest absolute Gasteiger partial charge is 0.342 e. The number of methoxy groups -OCH3 is 1. The Hall–Kier alpha value is -4.07. The molecule has 3 rings (SSSR count). The van der Waals surface area contributed by atoms with Crippen molar-refractivity contribution in [2.45, 2.75) is 6.92 Å². The zero-order chi connectivity index (χ0) is 21.7. The van der Waals surface area contributed by atoms with Gasteiger partial charge >= 0.3 is 5.97 Å². The van der Waals surface area contributed by atoms with Crippen LogP contribution in [-0.4, -0.2) is 36.6 Å². The number of nitrogens with one attached hydrogen (secondary N) is 2. The predicted octanol–water partition coefficient (Wildman–Crippen LogP) is 3.31. The number of fused-ring (bicyclic) bond motifs is 1. The maximum absolute atomic E-state index is 12.3. The van der Waals surface area contributed by atoms with Crippen LogP contribution in [0.15, 0.2) is 54.6 Å². The van der Waals surface area contributed by atoms with Crippen LogP contribution in [0.5, 0.6) is 11.5 Å². The van der Waals surface area contributed by atoms with E-state index in [1.165, 1.54) is 26.2 Å². The summed E-state index contributed by atoms with van der Waals surface area (Å²) in [6, 6.07) is 14.9. The van der Waals surface area contributed by atoms with Gasteiger partial charge in [0.1, 0.15) is 17.1 Å². The number of benzene rings is 3. The molecule has 0 heterocycles. The lowest BCUT2D eigenvalue weighted by atomic mass is 10.1. The van der Waals surface area contributed by atoms with Crippen molar-refractivity contribution >= 4 is 39.9 Å². The van der Waals surface area contributed by atoms with Crippen LogP contribution in [0.3, 0.4) is 0 Å². The summed E-state index contributed by atoms with van der Waals surface area (Å²) in [5.41, 5.74) is 0.738. The van der Waals surface area contributed by atoms with E-state index < -0.39 is 18.5 Å². The normalized spacial score (nSPS) is 10.3. The van der Waals surface area contributed by atoms with Crippen molar-refractivity contribution < 1.29 is 29.0 Å². The summed E-state index contributed by atoms with van der Waals surface area (Å²) in [4.78, 5) is 35.8. The van der Waals surface area contributed by atoms with E-state index in [0.29, 0.717) is 22.5 Å². The SMILES string of the molecule is COc1ccc(NC(C)=O)cc1NC(=O)COC(=O)c1ccc2ccccc2c1O. The molecule has 8 heteroatoms. The summed E-state index contributed by atoms with van der Waals surface area (Å²) in [6.07, 6.45) is 0. The number of esters is 1. The molecule has 3 aromatic rings. The molecular weight excluding hydrogens is 388 g/mol. The van der Waals surface area contributed by atoms with Crippen molar-refractivity contribution in [2.24, 2.45) is 0 Å². The topological polar surface area (TPSA) is 114 Å². The minimum Gasteiger partial charge on any atom is -0.506 e. The van der Waals surface area contributed by atoms with Crippen molar-refractivity contribution in [1.29, 1.82) is 0 Å². The van der Waals surface area contributed by atoms with Crippen molar-refractivity contribution in [3.8, 4) is 11.5 Å². The second-order valence-electron chi connectivity index (χ2n) is 6.40. The van der Waals surface area contributed by atoms with E-state index in [4.69, 9.17) is 9.47 Å². The van der Waals surface area contributed by atoms with Gasteiger partial charge in [-0.25, -0.2) is 4.79 Å². The first-order valence-electron chi connectivity index (χ1n) is 9.02. The van der Waals surface area contributed by atoms with Crippen LogP contribution in [0, 0.1) is 0 Å². The number of hydrogen-bond acceptors (Lipinski definition) is 6. The van der Waals surface area contributed by atoms with E-state index in [2.05, 4.69) is 10.6 Å². The fourth-order valence-corrected chi connectivity index (χ4v) is 2.90. The highest BCUT2D eigenvalue weighted by molar-refractivity contribution is 6.02. The van der Waals surface area contributed by atoms with Crippen molar-refractivity contribution in [1.82, 2.24) is 0 Å². The van der Waals surface area contributed by atoms with E-state index in [0.717, 1.165) is 5.39 Å². The van der Waals surface area contributed by atoms with E-state index in [1.807, 2.05) is 6.07 Å². The number of carbonyl (C=O) groups excluding carboxylic acids is 3. The maximum Gasteiger partial charge on any atom is 0.342 e. The summed E-state index contributed by atoms with van der Waals surface area (Å²) in [7, 11) is 1.44. The first-order chi connectivity index (χ1) is 14.4. The van der Waals surface area contributed by atoms with Gasteiger partial charge in [0.15, 0.2) is 6.61 Å². The van der Waals surface area contributed by atoms with E-state index >= 15 is 0 Å². The first kappa shape index (κ1) is 20.7. The van der Waals surface area contributed by atoms with Gasteiger partial charge in [-0.05, 0) is 29.7 Å². The summed E-state index contributed by atoms with van der Waals surface area (Å²) in [6.45, 7) is 0.794. The fourth-order valence-electron chi connectivity index (χ4n) is 2.90. The lowest BCUT2D eigenvalue weighted by molar-refractivity contribution is -0.119. The molecule has 0 saturated heterocycles. The number of amides is 2. The minimum absolute atomic E-state index is 0.0354. The Morgan fingerprint density at radius 2 is 1.77 bits per heavy atom. The van der Waals surface area contributed by atoms with Gasteiger partial charge in [-0.1, -0.05) is 30.3 Å². The molecule has 0 aliphatic rings. The molecule has 0 radical (unpaired) electrons. The molecule has 154 valence electrons. The molecule has 3 N–H and O–H groups in total. The maximum atomic E-state index is 12.3. The lowest BCUT2D eigenvalue weighted by Gasteiger charge is -2.13. The van der Waals surface area contributed by atoms with Gasteiger partial charge in [-0.3, -0.25) is 9.59 Å². The Morgan fingerprint density at radius 1 is 1.00 bits per heavy atom. The Morgan fingerprint density at radius 3 is 2.50 bits per heavy atom. The van der Waals surface area contributed by atoms with Crippen LogP contribution in [0.4, 0.5) is 11.4 Å². The van der Waals surface area contributed by atoms with Crippen molar-refractivity contribution in [3.63, 3.8) is 0 Å². The summed E-state index contributed by atoms with van der Waals surface area (Å²) in [5, 5.41) is 16.8. The third-order valence-corrected chi connectivity index (χ3v) is 4.25. The van der Waals surface area contributed by atoms with E-state index in [9.17, 15) is 19.5 Å². The highest BCUT2D eigenvalue weighted by Gasteiger charge is 2.17. The number of anilines is 2. The van der Waals surface area contributed by atoms with Crippen molar-refractivity contribution in [3.05, 3.63) is 60.2 Å². The molecule has 0 saturated carbocycles. The largest absolute Gasteiger partial charge is 0.506 e. The lowest BCUT2D eigenvalue weighted by Crippen LogP contribution is -2.21. The molecule has 2 amide bonds. The molecule has 8 nitrogen and oxygen atoms in total. The molecule has 0 bridgehead atoms. The third kappa shape index (κ3) is 4.67. The van der Waals surface area contributed by atoms with Crippen LogP contribution in [0.2, 0.25) is 0 Å². The third-order valence-electron chi connectivity index (χ3n) is 4.25. The van der Waals surface area contributed by atoms with Crippen LogP contribution >= 0.6 is 0 Å². The first-order valence-corrected chi connectivity index (χ1v) is 9.02. The van der Waals surface area contributed by atoms with Crippen LogP contribution in [0.25, 0.3) is 10.8 Å². The number of phenolic OH excluding ortho intramolecular Hbond substituents is 1. The second kappa shape index (κ2) is 8.95. The predicted molar refractivity (Wildman–Crippen MR) is 112 cm³/mol. The molecule has 30 heavy (non-hydrogen) atoms. The van der Waals surface area contributed by atoms with Gasteiger partial charge in [0.25, 0.3) is 5.91 Å². The van der Waals surface area contributed by atoms with Crippen LogP contribution in [0.1, 0.15) is 17.3 Å². The molecule has 0 aliphatic carbocycles. The average molecular weight is 408 g/mol. The Kier molecular flexibility index (Phi) is 6.17. The van der Waals surface area contributed by atoms with Crippen LogP contribution < -0.4 is 15.4 Å². The van der Waals surface area contributed by atoms with Gasteiger partial charge in [0.05, 0.1) is 12.8 Å². The summed E-state index contributed by atoms with van der Waals surface area (Å²) < 4.78 is 10.2. The molecule has 0 spiro atoms. The monoisotopic (exact) mass is 408 g/mol. The summed E-state index contributed by atoms with van der Waals surface area (Å²) in [5.74, 6) is -1.53. The van der Waals surface area contributed by atoms with E-state index in [-0.39, 0.29) is 17.2 Å². The van der Waals surface area contributed by atoms with Crippen LogP contribution in [-0.2, 0) is 14.3 Å². The molecule has 0 unspecified atom stereocenters. The van der Waals surface area contributed by atoms with Gasteiger partial charge in [-0.2, -0.15) is 0 Å². The molecule has 0 atom stereocenters. The van der Waals surface area contributed by atoms with Gasteiger partial charge in [-0.15, -0.1) is 0 Å². The molecule has 0 aliphatic heterocycles. The second-order valence-corrected chi connectivity index (χ2v) is 6.40. The van der Waals surface area contributed by atoms with Crippen molar-refractivity contribution in [2.75, 3.05) is 24.4 Å². The Balaban J connectivity index is 1.68. The highest BCUT2D eigenvalue weighted by atomic mass is 16.5. The number of aromatic hydroxyl groups is 1. The zero-order valence-corrected chi connectivity index (χ0v) is 16.4. The molecule has 0 fully saturated rings. The van der Waals surface area contributed by atoms with Gasteiger partial charge in [0.2, 0.25) is 5.91 Å². The minimum atomic E-state index is -0.827. The summed E-state index contributed by atoms with van der Waals surface area (Å²) >= 11 is 0. The fraction of sp³-hybridized carbons (Fsp3) is 0.136. The molecule has 3 aromatic carbocycles. The number of carbonyl (C=O) groups is 3. The standard InChI is InChI=1S/C22H20N2O6/c1-13(25)23-15-8-10-19(29-2)18(11-15)24-20(26)12-30-22(28)17-9-7-14-5-3-4-6-16(14)21(17)27/h3-11,27H,12H2,1-2H3,(H,23,25)(H,24,26). The highest BCUT2D eigenvalue weighted by Crippen LogP contribution is 2.29. The van der Waals surface area contributed by atoms with Gasteiger partial charge in [0, 0.05) is 18.0 Å². The zero-order valence-electron chi connectivity index (χ0n) is 16.4. The van der Waals surface area contributed by atoms with Gasteiger partial charge < -0.3 is 25.2 Å². The molecule has 0 aromatic heterocycles. The molecular formula is C22H20N2O6. The van der Waals surface area contributed by atoms with E-state index in [1.54, 1.807) is 36.4 Å². The number of ether oxygens (including phenoxy) is 2. The number of rotatable bonds is 6.